The van der Waals surface area contributed by atoms with Gasteiger partial charge in [0.15, 0.2) is 0 Å². The number of carbonyl (C=O) groups is 1. The number of nitro groups is 1. The second-order valence-corrected chi connectivity index (χ2v) is 4.70. The van der Waals surface area contributed by atoms with E-state index in [1.165, 1.54) is 18.2 Å². The minimum Gasteiger partial charge on any atom is -0.349 e. The van der Waals surface area contributed by atoms with Crippen LogP contribution in [0.4, 0.5) is 5.69 Å². The lowest BCUT2D eigenvalue weighted by molar-refractivity contribution is -0.384. The Morgan fingerprint density at radius 3 is 2.68 bits per heavy atom. The SMILES string of the molecule is CCCC(CC)NC(=O)c1cc([N+](=O)[O-])ccc1Cl. The summed E-state index contributed by atoms with van der Waals surface area (Å²) < 4.78 is 0. The van der Waals surface area contributed by atoms with Gasteiger partial charge in [0, 0.05) is 18.2 Å². The average Bonchev–Trinajstić information content (AvgIpc) is 2.38. The number of hydrogen-bond acceptors (Lipinski definition) is 3. The molecule has 1 atom stereocenters. The van der Waals surface area contributed by atoms with Crippen LogP contribution in [0.1, 0.15) is 43.5 Å². The van der Waals surface area contributed by atoms with Crippen LogP contribution in [0.2, 0.25) is 5.02 Å². The summed E-state index contributed by atoms with van der Waals surface area (Å²) in [5.41, 5.74) is 0.00325. The summed E-state index contributed by atoms with van der Waals surface area (Å²) in [6.07, 6.45) is 2.64. The van der Waals surface area contributed by atoms with Crippen LogP contribution in [0.15, 0.2) is 18.2 Å². The molecule has 0 fully saturated rings. The second kappa shape index (κ2) is 7.09. The Morgan fingerprint density at radius 2 is 2.16 bits per heavy atom. The van der Waals surface area contributed by atoms with Crippen LogP contribution in [0, 0.1) is 10.1 Å². The standard InChI is InChI=1S/C13H17ClN2O3/c1-3-5-9(4-2)15-13(17)11-8-10(16(18)19)6-7-12(11)14/h6-9H,3-5H2,1-2H3,(H,15,17). The number of rotatable bonds is 6. The monoisotopic (exact) mass is 284 g/mol. The molecule has 0 saturated heterocycles. The first-order chi connectivity index (χ1) is 8.99. The van der Waals surface area contributed by atoms with Gasteiger partial charge in [-0.3, -0.25) is 14.9 Å². The normalized spacial score (nSPS) is 11.9. The van der Waals surface area contributed by atoms with Gasteiger partial charge in [-0.2, -0.15) is 0 Å². The van der Waals surface area contributed by atoms with Crippen molar-refractivity contribution >= 4 is 23.2 Å². The second-order valence-electron chi connectivity index (χ2n) is 4.29. The largest absolute Gasteiger partial charge is 0.349 e. The van der Waals surface area contributed by atoms with Crippen molar-refractivity contribution in [3.05, 3.63) is 38.9 Å². The molecule has 0 heterocycles. The number of benzene rings is 1. The number of nitro benzene ring substituents is 1. The first-order valence-corrected chi connectivity index (χ1v) is 6.62. The summed E-state index contributed by atoms with van der Waals surface area (Å²) in [5, 5.41) is 13.8. The summed E-state index contributed by atoms with van der Waals surface area (Å²) in [7, 11) is 0. The first-order valence-electron chi connectivity index (χ1n) is 6.24. The number of carbonyl (C=O) groups excluding carboxylic acids is 1. The lowest BCUT2D eigenvalue weighted by Gasteiger charge is -2.16. The number of nitrogens with one attached hydrogen (secondary N) is 1. The summed E-state index contributed by atoms with van der Waals surface area (Å²) in [5.74, 6) is -0.367. The van der Waals surface area contributed by atoms with Gasteiger partial charge >= 0.3 is 0 Å². The quantitative estimate of drug-likeness (QED) is 0.641. The molecule has 0 aliphatic rings. The van der Waals surface area contributed by atoms with E-state index >= 15 is 0 Å². The van der Waals surface area contributed by atoms with Gasteiger partial charge in [-0.25, -0.2) is 0 Å². The van der Waals surface area contributed by atoms with E-state index in [0.29, 0.717) is 0 Å². The molecule has 0 aliphatic heterocycles. The molecular formula is C13H17ClN2O3. The van der Waals surface area contributed by atoms with Crippen molar-refractivity contribution in [1.29, 1.82) is 0 Å². The van der Waals surface area contributed by atoms with E-state index in [1.807, 2.05) is 13.8 Å². The van der Waals surface area contributed by atoms with Gasteiger partial charge in [-0.1, -0.05) is 31.9 Å². The van der Waals surface area contributed by atoms with Crippen LogP contribution in [-0.4, -0.2) is 16.9 Å². The summed E-state index contributed by atoms with van der Waals surface area (Å²) in [6.45, 7) is 4.02. The Balaban J connectivity index is 2.92. The van der Waals surface area contributed by atoms with Crippen LogP contribution in [0.3, 0.4) is 0 Å². The number of non-ortho nitro benzene ring substituents is 1. The molecule has 1 aromatic rings. The lowest BCUT2D eigenvalue weighted by atomic mass is 10.1. The summed E-state index contributed by atoms with van der Waals surface area (Å²) in [6, 6.07) is 3.92. The highest BCUT2D eigenvalue weighted by Gasteiger charge is 2.17. The fourth-order valence-corrected chi connectivity index (χ4v) is 1.99. The van der Waals surface area contributed by atoms with Gasteiger partial charge in [-0.15, -0.1) is 0 Å². The number of halogens is 1. The average molecular weight is 285 g/mol. The first kappa shape index (κ1) is 15.4. The maximum Gasteiger partial charge on any atom is 0.270 e. The Bertz CT molecular complexity index is 477. The minimum atomic E-state index is -0.545. The highest BCUT2D eigenvalue weighted by molar-refractivity contribution is 6.33. The third-order valence-electron chi connectivity index (χ3n) is 2.87. The van der Waals surface area contributed by atoms with E-state index in [9.17, 15) is 14.9 Å². The van der Waals surface area contributed by atoms with Gasteiger partial charge in [-0.05, 0) is 18.9 Å². The molecule has 6 heteroatoms. The van der Waals surface area contributed by atoms with E-state index in [1.54, 1.807) is 0 Å². The van der Waals surface area contributed by atoms with Crippen LogP contribution in [-0.2, 0) is 0 Å². The zero-order valence-corrected chi connectivity index (χ0v) is 11.7. The zero-order chi connectivity index (χ0) is 14.4. The van der Waals surface area contributed by atoms with Gasteiger partial charge in [0.1, 0.15) is 0 Å². The van der Waals surface area contributed by atoms with Crippen LogP contribution < -0.4 is 5.32 Å². The Hall–Kier alpha value is -1.62. The van der Waals surface area contributed by atoms with Crippen molar-refractivity contribution in [2.24, 2.45) is 0 Å². The van der Waals surface area contributed by atoms with Crippen molar-refractivity contribution in [2.75, 3.05) is 0 Å². The third kappa shape index (κ3) is 4.21. The minimum absolute atomic E-state index is 0.0628. The summed E-state index contributed by atoms with van der Waals surface area (Å²) >= 11 is 5.92. The molecule has 1 amide bonds. The fourth-order valence-electron chi connectivity index (χ4n) is 1.79. The topological polar surface area (TPSA) is 72.2 Å². The van der Waals surface area contributed by atoms with Crippen LogP contribution in [0.5, 0.6) is 0 Å². The molecule has 104 valence electrons. The Labute approximate surface area is 117 Å². The molecule has 1 aromatic carbocycles. The molecule has 0 aliphatic carbocycles. The molecule has 0 spiro atoms. The molecule has 0 radical (unpaired) electrons. The van der Waals surface area contributed by atoms with Crippen molar-refractivity contribution in [1.82, 2.24) is 5.32 Å². The maximum atomic E-state index is 12.1. The van der Waals surface area contributed by atoms with Crippen LogP contribution >= 0.6 is 11.6 Å². The molecule has 0 bridgehead atoms. The molecule has 1 unspecified atom stereocenters. The molecular weight excluding hydrogens is 268 g/mol. The zero-order valence-electron chi connectivity index (χ0n) is 11.0. The van der Waals surface area contributed by atoms with Gasteiger partial charge in [0.05, 0.1) is 15.5 Å². The highest BCUT2D eigenvalue weighted by atomic mass is 35.5. The van der Waals surface area contributed by atoms with Crippen molar-refractivity contribution in [2.45, 2.75) is 39.2 Å². The molecule has 19 heavy (non-hydrogen) atoms. The van der Waals surface area contributed by atoms with E-state index in [-0.39, 0.29) is 28.2 Å². The Kier molecular flexibility index (Phi) is 5.76. The molecule has 0 aromatic heterocycles. The van der Waals surface area contributed by atoms with E-state index in [0.717, 1.165) is 19.3 Å². The van der Waals surface area contributed by atoms with Crippen molar-refractivity contribution in [3.8, 4) is 0 Å². The highest BCUT2D eigenvalue weighted by Crippen LogP contribution is 2.22. The fraction of sp³-hybridized carbons (Fsp3) is 0.462. The van der Waals surface area contributed by atoms with Gasteiger partial charge < -0.3 is 5.32 Å². The number of nitrogens with zero attached hydrogens (tertiary/aromatic N) is 1. The van der Waals surface area contributed by atoms with E-state index in [2.05, 4.69) is 5.32 Å². The lowest BCUT2D eigenvalue weighted by Crippen LogP contribution is -2.34. The maximum absolute atomic E-state index is 12.1. The molecule has 1 rings (SSSR count). The third-order valence-corrected chi connectivity index (χ3v) is 3.20. The van der Waals surface area contributed by atoms with E-state index < -0.39 is 4.92 Å². The summed E-state index contributed by atoms with van der Waals surface area (Å²) in [4.78, 5) is 22.2. The Morgan fingerprint density at radius 1 is 1.47 bits per heavy atom. The van der Waals surface area contributed by atoms with Crippen LogP contribution in [0.25, 0.3) is 0 Å². The number of hydrogen-bond donors (Lipinski definition) is 1. The molecule has 1 N–H and O–H groups in total. The van der Waals surface area contributed by atoms with Crippen molar-refractivity contribution < 1.29 is 9.72 Å². The number of amides is 1. The predicted molar refractivity (Wildman–Crippen MR) is 74.6 cm³/mol. The van der Waals surface area contributed by atoms with Crippen molar-refractivity contribution in [3.63, 3.8) is 0 Å². The molecule has 0 saturated carbocycles. The van der Waals surface area contributed by atoms with Gasteiger partial charge in [0.25, 0.3) is 11.6 Å². The predicted octanol–water partition coefficient (Wildman–Crippen LogP) is 3.56. The van der Waals surface area contributed by atoms with E-state index in [4.69, 9.17) is 11.6 Å². The smallest absolute Gasteiger partial charge is 0.270 e. The van der Waals surface area contributed by atoms with Gasteiger partial charge in [0.2, 0.25) is 0 Å². The molecule has 5 nitrogen and oxygen atoms in total.